The highest BCUT2D eigenvalue weighted by Crippen LogP contribution is 2.49. The molecule has 7 heteroatoms. The second-order valence-electron chi connectivity index (χ2n) is 5.27. The Bertz CT molecular complexity index is 768. The maximum atomic E-state index is 11.2. The lowest BCUT2D eigenvalue weighted by molar-refractivity contribution is -0.420. The lowest BCUT2D eigenvalue weighted by atomic mass is 9.87. The van der Waals surface area contributed by atoms with E-state index >= 15 is 0 Å². The predicted molar refractivity (Wildman–Crippen MR) is 85.4 cm³/mol. The van der Waals surface area contributed by atoms with E-state index in [1.165, 1.54) is 12.2 Å². The van der Waals surface area contributed by atoms with Crippen LogP contribution in [0.15, 0.2) is 65.6 Å². The largest absolute Gasteiger partial charge is 0.481 e. The number of aliphatic carboxylic acids is 1. The lowest BCUT2D eigenvalue weighted by Crippen LogP contribution is -2.37. The number of fused-ring (bicyclic) bond motifs is 1. The smallest absolute Gasteiger partial charge is 0.308 e. The van der Waals surface area contributed by atoms with Crippen LogP contribution in [0.5, 0.6) is 0 Å². The molecule has 1 N–H and O–H groups in total. The molecule has 0 fully saturated rings. The molecule has 2 atom stereocenters. The summed E-state index contributed by atoms with van der Waals surface area (Å²) in [6.07, 6.45) is 4.26. The summed E-state index contributed by atoms with van der Waals surface area (Å²) >= 11 is 3.41. The molecule has 0 spiro atoms. The quantitative estimate of drug-likeness (QED) is 0.493. The van der Waals surface area contributed by atoms with Crippen molar-refractivity contribution in [2.45, 2.75) is 16.8 Å². The van der Waals surface area contributed by atoms with E-state index in [9.17, 15) is 20.0 Å². The molecule has 2 aliphatic rings. The van der Waals surface area contributed by atoms with Crippen LogP contribution in [0.25, 0.3) is 0 Å². The molecule has 6 nitrogen and oxygen atoms in total. The minimum atomic E-state index is -1.20. The summed E-state index contributed by atoms with van der Waals surface area (Å²) in [5.74, 6) is -1.20. The highest BCUT2D eigenvalue weighted by molar-refractivity contribution is 9.10. The van der Waals surface area contributed by atoms with Gasteiger partial charge in [-0.3, -0.25) is 14.9 Å². The van der Waals surface area contributed by atoms with E-state index in [1.54, 1.807) is 6.08 Å². The Morgan fingerprint density at radius 3 is 2.65 bits per heavy atom. The third-order valence-electron chi connectivity index (χ3n) is 3.76. The number of carbonyl (C=O) groups is 1. The number of nitro groups is 1. The van der Waals surface area contributed by atoms with Gasteiger partial charge in [0.25, 0.3) is 5.70 Å². The standard InChI is InChI=1S/C16H12BrNO5/c17-16(9-15(19)20)12(10-4-2-1-3-5-10)8-11-13(18(21)22)6-7-14(11)23-16/h1-8,12H,9H2,(H,19,20). The monoisotopic (exact) mass is 377 g/mol. The third-order valence-corrected chi connectivity index (χ3v) is 4.69. The molecule has 23 heavy (non-hydrogen) atoms. The van der Waals surface area contributed by atoms with Crippen molar-refractivity contribution in [3.05, 3.63) is 81.3 Å². The van der Waals surface area contributed by atoms with E-state index < -0.39 is 21.3 Å². The molecule has 2 unspecified atom stereocenters. The molecule has 1 aromatic rings. The van der Waals surface area contributed by atoms with Crippen molar-refractivity contribution >= 4 is 21.9 Å². The van der Waals surface area contributed by atoms with Gasteiger partial charge in [0.15, 0.2) is 4.51 Å². The summed E-state index contributed by atoms with van der Waals surface area (Å²) in [7, 11) is 0. The van der Waals surface area contributed by atoms with Gasteiger partial charge in [0.05, 0.1) is 22.8 Å². The van der Waals surface area contributed by atoms with E-state index in [4.69, 9.17) is 4.74 Å². The number of carboxylic acids is 1. The Morgan fingerprint density at radius 1 is 1.35 bits per heavy atom. The Kier molecular flexibility index (Phi) is 3.81. The van der Waals surface area contributed by atoms with Crippen LogP contribution in [0.4, 0.5) is 0 Å². The summed E-state index contributed by atoms with van der Waals surface area (Å²) < 4.78 is 4.63. The van der Waals surface area contributed by atoms with Crippen LogP contribution in [0, 0.1) is 10.1 Å². The number of carboxylic acid groups (broad SMARTS) is 1. The van der Waals surface area contributed by atoms with Crippen LogP contribution in [0.2, 0.25) is 0 Å². The minimum absolute atomic E-state index is 0.0502. The van der Waals surface area contributed by atoms with Crippen LogP contribution in [0.3, 0.4) is 0 Å². The van der Waals surface area contributed by atoms with E-state index in [1.807, 2.05) is 30.3 Å². The SMILES string of the molecule is O=C(O)CC1(Br)OC2=CC=C([N+](=O)[O-])C2=CC1c1ccccc1. The van der Waals surface area contributed by atoms with E-state index in [0.29, 0.717) is 11.3 Å². The molecular weight excluding hydrogens is 366 g/mol. The maximum Gasteiger partial charge on any atom is 0.308 e. The Labute approximate surface area is 140 Å². The van der Waals surface area contributed by atoms with Crippen LogP contribution in [-0.2, 0) is 9.53 Å². The first-order chi connectivity index (χ1) is 10.9. The molecule has 0 saturated carbocycles. The van der Waals surface area contributed by atoms with Crippen molar-refractivity contribution in [3.8, 4) is 0 Å². The molecule has 0 saturated heterocycles. The van der Waals surface area contributed by atoms with E-state index in [2.05, 4.69) is 15.9 Å². The molecular formula is C16H12BrNO5. The molecule has 0 aromatic heterocycles. The zero-order valence-corrected chi connectivity index (χ0v) is 13.4. The van der Waals surface area contributed by atoms with Gasteiger partial charge in [0.2, 0.25) is 0 Å². The molecule has 118 valence electrons. The average molecular weight is 378 g/mol. The van der Waals surface area contributed by atoms with Crippen molar-refractivity contribution in [2.24, 2.45) is 0 Å². The Balaban J connectivity index is 2.10. The second-order valence-corrected chi connectivity index (χ2v) is 6.61. The zero-order valence-electron chi connectivity index (χ0n) is 11.8. The number of halogens is 1. The number of allylic oxidation sites excluding steroid dienone is 2. The van der Waals surface area contributed by atoms with Crippen LogP contribution in [0.1, 0.15) is 17.9 Å². The topological polar surface area (TPSA) is 89.7 Å². The lowest BCUT2D eigenvalue weighted by Gasteiger charge is -2.38. The highest BCUT2D eigenvalue weighted by Gasteiger charge is 2.47. The first kappa shape index (κ1) is 15.5. The number of benzene rings is 1. The predicted octanol–water partition coefficient (Wildman–Crippen LogP) is 3.35. The summed E-state index contributed by atoms with van der Waals surface area (Å²) in [5.41, 5.74) is 1.14. The number of alkyl halides is 1. The van der Waals surface area contributed by atoms with Crippen molar-refractivity contribution in [2.75, 3.05) is 0 Å². The first-order valence-electron chi connectivity index (χ1n) is 6.84. The van der Waals surface area contributed by atoms with Gasteiger partial charge in [0, 0.05) is 6.08 Å². The number of hydrogen-bond donors (Lipinski definition) is 1. The summed E-state index contributed by atoms with van der Waals surface area (Å²) in [4.78, 5) is 21.9. The number of hydrogen-bond acceptors (Lipinski definition) is 4. The van der Waals surface area contributed by atoms with Crippen molar-refractivity contribution < 1.29 is 19.6 Å². The molecule has 0 radical (unpaired) electrons. The second kappa shape index (κ2) is 5.66. The van der Waals surface area contributed by atoms with Crippen LogP contribution < -0.4 is 0 Å². The first-order valence-corrected chi connectivity index (χ1v) is 7.63. The molecule has 0 amide bonds. The fraction of sp³-hybridized carbons (Fsp3) is 0.188. The van der Waals surface area contributed by atoms with Gasteiger partial charge in [-0.15, -0.1) is 0 Å². The van der Waals surface area contributed by atoms with Gasteiger partial charge >= 0.3 is 5.97 Å². The van der Waals surface area contributed by atoms with Crippen molar-refractivity contribution in [1.29, 1.82) is 0 Å². The maximum absolute atomic E-state index is 11.2. The van der Waals surface area contributed by atoms with Gasteiger partial charge in [-0.1, -0.05) is 36.4 Å². The Morgan fingerprint density at radius 2 is 2.04 bits per heavy atom. The fourth-order valence-corrected chi connectivity index (χ4v) is 3.58. The number of nitrogens with zero attached hydrogens (tertiary/aromatic N) is 1. The molecule has 3 rings (SSSR count). The fourth-order valence-electron chi connectivity index (χ4n) is 2.77. The zero-order chi connectivity index (χ0) is 16.6. The molecule has 1 heterocycles. The van der Waals surface area contributed by atoms with Crippen molar-refractivity contribution in [3.63, 3.8) is 0 Å². The molecule has 1 aliphatic heterocycles. The summed E-state index contributed by atoms with van der Waals surface area (Å²) in [6.45, 7) is 0. The van der Waals surface area contributed by atoms with Gasteiger partial charge in [-0.05, 0) is 27.6 Å². The highest BCUT2D eigenvalue weighted by atomic mass is 79.9. The minimum Gasteiger partial charge on any atom is -0.481 e. The van der Waals surface area contributed by atoms with Crippen molar-refractivity contribution in [1.82, 2.24) is 0 Å². The number of ether oxygens (including phenoxy) is 1. The summed E-state index contributed by atoms with van der Waals surface area (Å²) in [6, 6.07) is 9.17. The normalized spacial score (nSPS) is 25.6. The van der Waals surface area contributed by atoms with E-state index in [0.717, 1.165) is 5.56 Å². The molecule has 1 aromatic carbocycles. The van der Waals surface area contributed by atoms with Crippen LogP contribution in [-0.4, -0.2) is 20.5 Å². The number of rotatable bonds is 4. The average Bonchev–Trinajstić information content (AvgIpc) is 2.88. The van der Waals surface area contributed by atoms with Crippen LogP contribution >= 0.6 is 15.9 Å². The molecule has 0 bridgehead atoms. The molecule has 1 aliphatic carbocycles. The third kappa shape index (κ3) is 2.79. The van der Waals surface area contributed by atoms with Gasteiger partial charge < -0.3 is 9.84 Å². The summed E-state index contributed by atoms with van der Waals surface area (Å²) in [5, 5.41) is 20.3. The van der Waals surface area contributed by atoms with E-state index in [-0.39, 0.29) is 12.1 Å². The Hall–Kier alpha value is -2.41. The van der Waals surface area contributed by atoms with Gasteiger partial charge in [-0.2, -0.15) is 0 Å². The van der Waals surface area contributed by atoms with Gasteiger partial charge in [-0.25, -0.2) is 0 Å². The van der Waals surface area contributed by atoms with Gasteiger partial charge in [0.1, 0.15) is 5.76 Å².